The van der Waals surface area contributed by atoms with Gasteiger partial charge < -0.3 is 20.9 Å². The van der Waals surface area contributed by atoms with Gasteiger partial charge in [-0.25, -0.2) is 0 Å². The molecule has 0 heterocycles. The van der Waals surface area contributed by atoms with Crippen molar-refractivity contribution in [2.24, 2.45) is 11.5 Å². The summed E-state index contributed by atoms with van der Waals surface area (Å²) in [5.74, 6) is 0. The van der Waals surface area contributed by atoms with E-state index in [0.29, 0.717) is 0 Å². The molecule has 0 atom stereocenters. The smallest absolute Gasteiger partial charge is 0.0521 e. The zero-order valence-corrected chi connectivity index (χ0v) is 10.6. The summed E-state index contributed by atoms with van der Waals surface area (Å²) in [6, 6.07) is 0. The van der Waals surface area contributed by atoms with Crippen molar-refractivity contribution in [3.8, 4) is 0 Å². The maximum Gasteiger partial charge on any atom is 0.0521 e. The van der Waals surface area contributed by atoms with E-state index in [9.17, 15) is 0 Å². The van der Waals surface area contributed by atoms with E-state index in [4.69, 9.17) is 20.9 Å². The molecule has 0 amide bonds. The monoisotopic (exact) mass is 232 g/mol. The van der Waals surface area contributed by atoms with Gasteiger partial charge in [0, 0.05) is 26.4 Å². The molecule has 0 saturated heterocycles. The van der Waals surface area contributed by atoms with E-state index in [0.717, 1.165) is 58.5 Å². The Bertz CT molecular complexity index is 132. The lowest BCUT2D eigenvalue weighted by Gasteiger charge is -2.06. The number of unbranched alkanes of at least 4 members (excludes halogenated alkanes) is 2. The van der Waals surface area contributed by atoms with Crippen LogP contribution in [0.15, 0.2) is 0 Å². The van der Waals surface area contributed by atoms with Crippen LogP contribution in [0.4, 0.5) is 0 Å². The van der Waals surface area contributed by atoms with Gasteiger partial charge in [0.25, 0.3) is 0 Å². The maximum atomic E-state index is 5.45. The fourth-order valence-corrected chi connectivity index (χ4v) is 1.28. The Morgan fingerprint density at radius 3 is 1.81 bits per heavy atom. The molecule has 16 heavy (non-hydrogen) atoms. The molecule has 0 unspecified atom stereocenters. The Kier molecular flexibility index (Phi) is 12.8. The molecule has 0 radical (unpaired) electrons. The Morgan fingerprint density at radius 2 is 1.31 bits per heavy atom. The van der Waals surface area contributed by atoms with Crippen molar-refractivity contribution in [1.29, 1.82) is 0 Å². The quantitative estimate of drug-likeness (QED) is 0.396. The molecule has 0 aromatic heterocycles. The van der Waals surface area contributed by atoms with E-state index in [1.807, 2.05) is 0 Å². The standard InChI is InChI=1S/C12H28N2O2/c1-2-3-8-15-9-4-5-10-16-11-6-7-12(13)14/h12H,2-11,13-14H2,1H3. The van der Waals surface area contributed by atoms with Crippen LogP contribution in [0.2, 0.25) is 0 Å². The lowest BCUT2D eigenvalue weighted by atomic mass is 10.3. The Morgan fingerprint density at radius 1 is 0.812 bits per heavy atom. The molecule has 0 saturated carbocycles. The van der Waals surface area contributed by atoms with E-state index < -0.39 is 0 Å². The van der Waals surface area contributed by atoms with Gasteiger partial charge in [0.15, 0.2) is 0 Å². The van der Waals surface area contributed by atoms with E-state index in [2.05, 4.69) is 6.92 Å². The summed E-state index contributed by atoms with van der Waals surface area (Å²) >= 11 is 0. The molecule has 98 valence electrons. The second kappa shape index (κ2) is 12.9. The van der Waals surface area contributed by atoms with E-state index in [1.54, 1.807) is 0 Å². The predicted molar refractivity (Wildman–Crippen MR) is 67.2 cm³/mol. The molecule has 4 nitrogen and oxygen atoms in total. The van der Waals surface area contributed by atoms with E-state index in [-0.39, 0.29) is 6.17 Å². The molecule has 0 rings (SSSR count). The number of hydrogen-bond donors (Lipinski definition) is 2. The minimum atomic E-state index is -0.199. The summed E-state index contributed by atoms with van der Waals surface area (Å²) < 4.78 is 10.9. The van der Waals surface area contributed by atoms with Crippen LogP contribution in [-0.2, 0) is 9.47 Å². The molecule has 0 aromatic carbocycles. The Labute approximate surface area is 99.7 Å². The molecule has 0 bridgehead atoms. The Balaban J connectivity index is 2.88. The van der Waals surface area contributed by atoms with Gasteiger partial charge in [-0.15, -0.1) is 0 Å². The second-order valence-electron chi connectivity index (χ2n) is 4.09. The van der Waals surface area contributed by atoms with Crippen LogP contribution < -0.4 is 11.5 Å². The van der Waals surface area contributed by atoms with Crippen LogP contribution in [0.3, 0.4) is 0 Å². The summed E-state index contributed by atoms with van der Waals surface area (Å²) in [5.41, 5.74) is 10.8. The Hall–Kier alpha value is -0.160. The van der Waals surface area contributed by atoms with Gasteiger partial charge in [0.05, 0.1) is 6.17 Å². The SMILES string of the molecule is CCCCOCCCCOCCCC(N)N. The van der Waals surface area contributed by atoms with Crippen LogP contribution in [0.5, 0.6) is 0 Å². The molecule has 0 fully saturated rings. The van der Waals surface area contributed by atoms with Crippen molar-refractivity contribution in [3.63, 3.8) is 0 Å². The van der Waals surface area contributed by atoms with Gasteiger partial charge in [-0.05, 0) is 32.1 Å². The van der Waals surface area contributed by atoms with Gasteiger partial charge >= 0.3 is 0 Å². The predicted octanol–water partition coefficient (Wildman–Crippen LogP) is 1.62. The number of rotatable bonds is 12. The van der Waals surface area contributed by atoms with Crippen molar-refractivity contribution in [3.05, 3.63) is 0 Å². The molecule has 0 aliphatic rings. The van der Waals surface area contributed by atoms with Crippen LogP contribution >= 0.6 is 0 Å². The largest absolute Gasteiger partial charge is 0.381 e. The van der Waals surface area contributed by atoms with Gasteiger partial charge in [0.1, 0.15) is 0 Å². The molecular formula is C12H28N2O2. The van der Waals surface area contributed by atoms with Crippen LogP contribution in [0.1, 0.15) is 45.4 Å². The van der Waals surface area contributed by atoms with Gasteiger partial charge in [-0.2, -0.15) is 0 Å². The molecule has 4 heteroatoms. The van der Waals surface area contributed by atoms with Crippen molar-refractivity contribution in [2.45, 2.75) is 51.6 Å². The van der Waals surface area contributed by atoms with Gasteiger partial charge in [0.2, 0.25) is 0 Å². The molecule has 4 N–H and O–H groups in total. The zero-order chi connectivity index (χ0) is 12.1. The fraction of sp³-hybridized carbons (Fsp3) is 1.00. The molecule has 0 aliphatic heterocycles. The molecule has 0 aliphatic carbocycles. The van der Waals surface area contributed by atoms with Crippen molar-refractivity contribution >= 4 is 0 Å². The van der Waals surface area contributed by atoms with Crippen molar-refractivity contribution < 1.29 is 9.47 Å². The second-order valence-corrected chi connectivity index (χ2v) is 4.09. The van der Waals surface area contributed by atoms with E-state index in [1.165, 1.54) is 6.42 Å². The van der Waals surface area contributed by atoms with Crippen LogP contribution in [0.25, 0.3) is 0 Å². The maximum absolute atomic E-state index is 5.45. The topological polar surface area (TPSA) is 70.5 Å². The highest BCUT2D eigenvalue weighted by Gasteiger charge is 1.94. The third-order valence-electron chi connectivity index (χ3n) is 2.30. The summed E-state index contributed by atoms with van der Waals surface area (Å²) in [5, 5.41) is 0. The number of nitrogens with two attached hydrogens (primary N) is 2. The third kappa shape index (κ3) is 13.8. The van der Waals surface area contributed by atoms with Crippen molar-refractivity contribution in [1.82, 2.24) is 0 Å². The fourth-order valence-electron chi connectivity index (χ4n) is 1.28. The average Bonchev–Trinajstić information content (AvgIpc) is 2.25. The highest BCUT2D eigenvalue weighted by Crippen LogP contribution is 1.96. The number of ether oxygens (including phenoxy) is 2. The molecular weight excluding hydrogens is 204 g/mol. The minimum Gasteiger partial charge on any atom is -0.381 e. The first-order valence-corrected chi connectivity index (χ1v) is 6.44. The highest BCUT2D eigenvalue weighted by molar-refractivity contribution is 4.50. The summed E-state index contributed by atoms with van der Waals surface area (Å²) in [4.78, 5) is 0. The summed E-state index contributed by atoms with van der Waals surface area (Å²) in [6.45, 7) is 5.51. The van der Waals surface area contributed by atoms with Gasteiger partial charge in [-0.3, -0.25) is 0 Å². The first kappa shape index (κ1) is 15.8. The first-order chi connectivity index (χ1) is 7.77. The molecule has 0 spiro atoms. The normalized spacial score (nSPS) is 11.2. The lowest BCUT2D eigenvalue weighted by Crippen LogP contribution is -2.30. The summed E-state index contributed by atoms with van der Waals surface area (Å²) in [6.07, 6.45) is 6.10. The third-order valence-corrected chi connectivity index (χ3v) is 2.30. The molecule has 0 aromatic rings. The minimum absolute atomic E-state index is 0.199. The van der Waals surface area contributed by atoms with E-state index >= 15 is 0 Å². The highest BCUT2D eigenvalue weighted by atomic mass is 16.5. The lowest BCUT2D eigenvalue weighted by molar-refractivity contribution is 0.0994. The zero-order valence-electron chi connectivity index (χ0n) is 10.6. The van der Waals surface area contributed by atoms with Crippen LogP contribution in [0, 0.1) is 0 Å². The summed E-state index contributed by atoms with van der Waals surface area (Å²) in [7, 11) is 0. The average molecular weight is 232 g/mol. The van der Waals surface area contributed by atoms with Crippen molar-refractivity contribution in [2.75, 3.05) is 26.4 Å². The number of hydrogen-bond acceptors (Lipinski definition) is 4. The van der Waals surface area contributed by atoms with Crippen LogP contribution in [-0.4, -0.2) is 32.6 Å². The first-order valence-electron chi connectivity index (χ1n) is 6.44. The van der Waals surface area contributed by atoms with Gasteiger partial charge in [-0.1, -0.05) is 13.3 Å².